The van der Waals surface area contributed by atoms with Crippen molar-refractivity contribution in [2.24, 2.45) is 0 Å². The zero-order chi connectivity index (χ0) is 14.9. The molecule has 108 valence electrons. The number of anilines is 1. The molecule has 1 aliphatic heterocycles. The second-order valence-corrected chi connectivity index (χ2v) is 6.26. The average Bonchev–Trinajstić information content (AvgIpc) is 2.41. The van der Waals surface area contributed by atoms with E-state index in [1.807, 2.05) is 23.6 Å². The Balaban J connectivity index is 2.49. The van der Waals surface area contributed by atoms with Gasteiger partial charge in [-0.15, -0.1) is 0 Å². The maximum Gasteiger partial charge on any atom is 0.337 e. The van der Waals surface area contributed by atoms with E-state index >= 15 is 0 Å². The summed E-state index contributed by atoms with van der Waals surface area (Å²) in [4.78, 5) is 23.7. The van der Waals surface area contributed by atoms with Gasteiger partial charge in [-0.3, -0.25) is 10.1 Å². The molecule has 0 bridgehead atoms. The van der Waals surface area contributed by atoms with Gasteiger partial charge < -0.3 is 10.0 Å². The first kappa shape index (κ1) is 14.6. The lowest BCUT2D eigenvalue weighted by Gasteiger charge is -2.39. The molecular weight excluding hydrogens is 280 g/mol. The van der Waals surface area contributed by atoms with Crippen LogP contribution in [0.2, 0.25) is 0 Å². The first-order valence-electron chi connectivity index (χ1n) is 6.31. The summed E-state index contributed by atoms with van der Waals surface area (Å²) in [5.74, 6) is -0.180. The van der Waals surface area contributed by atoms with Crippen LogP contribution >= 0.6 is 11.8 Å². The van der Waals surface area contributed by atoms with Crippen LogP contribution in [0, 0.1) is 10.1 Å². The number of benzene rings is 1. The monoisotopic (exact) mass is 296 g/mol. The summed E-state index contributed by atoms with van der Waals surface area (Å²) < 4.78 is 0. The van der Waals surface area contributed by atoms with Crippen molar-refractivity contribution in [2.75, 3.05) is 17.2 Å². The molecule has 20 heavy (non-hydrogen) atoms. The molecule has 0 aromatic heterocycles. The van der Waals surface area contributed by atoms with E-state index in [1.54, 1.807) is 0 Å². The summed E-state index contributed by atoms with van der Waals surface area (Å²) in [6, 6.07) is 4.05. The number of thioether (sulfide) groups is 1. The Hall–Kier alpha value is -1.76. The Morgan fingerprint density at radius 2 is 2.20 bits per heavy atom. The fourth-order valence-electron chi connectivity index (χ4n) is 2.33. The van der Waals surface area contributed by atoms with Crippen LogP contribution in [0.3, 0.4) is 0 Å². The van der Waals surface area contributed by atoms with E-state index in [0.717, 1.165) is 5.75 Å². The number of nitro benzene ring substituents is 1. The second-order valence-electron chi connectivity index (χ2n) is 4.77. The van der Waals surface area contributed by atoms with Crippen LogP contribution in [0.15, 0.2) is 18.2 Å². The summed E-state index contributed by atoms with van der Waals surface area (Å²) in [6.45, 7) is 4.79. The van der Waals surface area contributed by atoms with E-state index in [1.165, 1.54) is 18.2 Å². The molecule has 0 amide bonds. The molecule has 1 aliphatic rings. The normalized spacial score (nSPS) is 22.6. The predicted molar refractivity (Wildman–Crippen MR) is 78.8 cm³/mol. The molecule has 1 aromatic carbocycles. The third-order valence-corrected chi connectivity index (χ3v) is 4.95. The maximum absolute atomic E-state index is 11.3. The van der Waals surface area contributed by atoms with Crippen LogP contribution in [-0.2, 0) is 0 Å². The van der Waals surface area contributed by atoms with Gasteiger partial charge in [0.2, 0.25) is 0 Å². The van der Waals surface area contributed by atoms with Crippen molar-refractivity contribution in [3.05, 3.63) is 33.9 Å². The topological polar surface area (TPSA) is 83.7 Å². The summed E-state index contributed by atoms with van der Waals surface area (Å²) in [6.07, 6.45) is 0. The Morgan fingerprint density at radius 1 is 1.50 bits per heavy atom. The van der Waals surface area contributed by atoms with Crippen LogP contribution in [0.1, 0.15) is 24.2 Å². The molecule has 0 aliphatic carbocycles. The summed E-state index contributed by atoms with van der Waals surface area (Å²) in [5, 5.41) is 20.5. The lowest BCUT2D eigenvalue weighted by atomic mass is 10.1. The molecule has 1 saturated heterocycles. The molecule has 0 radical (unpaired) electrons. The third kappa shape index (κ3) is 2.72. The minimum Gasteiger partial charge on any atom is -0.478 e. The van der Waals surface area contributed by atoms with E-state index in [2.05, 4.69) is 6.92 Å². The lowest BCUT2D eigenvalue weighted by Crippen LogP contribution is -2.45. The number of hydrogen-bond donors (Lipinski definition) is 1. The largest absolute Gasteiger partial charge is 0.478 e. The second kappa shape index (κ2) is 5.70. The minimum atomic E-state index is -1.06. The lowest BCUT2D eigenvalue weighted by molar-refractivity contribution is -0.384. The molecule has 2 atom stereocenters. The van der Waals surface area contributed by atoms with Crippen LogP contribution in [-0.4, -0.2) is 39.6 Å². The molecule has 0 saturated carbocycles. The maximum atomic E-state index is 11.3. The molecule has 1 fully saturated rings. The highest BCUT2D eigenvalue weighted by Crippen LogP contribution is 2.33. The number of carboxylic acids is 1. The number of aromatic carboxylic acids is 1. The number of carboxylic acid groups (broad SMARTS) is 1. The zero-order valence-corrected chi connectivity index (χ0v) is 12.1. The number of nitrogens with zero attached hydrogens (tertiary/aromatic N) is 2. The Morgan fingerprint density at radius 3 is 2.80 bits per heavy atom. The van der Waals surface area contributed by atoms with Gasteiger partial charge in [-0.2, -0.15) is 11.8 Å². The summed E-state index contributed by atoms with van der Waals surface area (Å²) in [7, 11) is 0. The van der Waals surface area contributed by atoms with Gasteiger partial charge >= 0.3 is 5.97 Å². The Kier molecular flexibility index (Phi) is 4.17. The summed E-state index contributed by atoms with van der Waals surface area (Å²) >= 11 is 1.83. The standard InChI is InChI=1S/C13H16N2O4S/c1-8-9(2)20-6-5-14(8)12-7-10(15(18)19)3-4-11(12)13(16)17/h3-4,7-9H,5-6H2,1-2H3,(H,16,17). The molecule has 1 N–H and O–H groups in total. The smallest absolute Gasteiger partial charge is 0.337 e. The summed E-state index contributed by atoms with van der Waals surface area (Å²) in [5.41, 5.74) is 0.468. The van der Waals surface area contributed by atoms with Crippen molar-refractivity contribution >= 4 is 29.1 Å². The highest BCUT2D eigenvalue weighted by atomic mass is 32.2. The van der Waals surface area contributed by atoms with Crippen molar-refractivity contribution in [2.45, 2.75) is 25.1 Å². The van der Waals surface area contributed by atoms with E-state index in [9.17, 15) is 20.0 Å². The van der Waals surface area contributed by atoms with Crippen LogP contribution in [0.25, 0.3) is 0 Å². The van der Waals surface area contributed by atoms with Crippen LogP contribution in [0.4, 0.5) is 11.4 Å². The van der Waals surface area contributed by atoms with Gasteiger partial charge in [0.25, 0.3) is 5.69 Å². The fraction of sp³-hybridized carbons (Fsp3) is 0.462. The quantitative estimate of drug-likeness (QED) is 0.682. The molecule has 1 aromatic rings. The van der Waals surface area contributed by atoms with Crippen molar-refractivity contribution in [3.63, 3.8) is 0 Å². The number of hydrogen-bond acceptors (Lipinski definition) is 5. The number of rotatable bonds is 3. The van der Waals surface area contributed by atoms with Gasteiger partial charge in [-0.25, -0.2) is 4.79 Å². The average molecular weight is 296 g/mol. The van der Waals surface area contributed by atoms with Gasteiger partial charge in [0.1, 0.15) is 0 Å². The van der Waals surface area contributed by atoms with Crippen LogP contribution in [0.5, 0.6) is 0 Å². The Bertz CT molecular complexity index is 549. The number of non-ortho nitro benzene ring substituents is 1. The fourth-order valence-corrected chi connectivity index (χ4v) is 3.42. The number of carbonyl (C=O) groups is 1. The van der Waals surface area contributed by atoms with Crippen LogP contribution < -0.4 is 4.90 Å². The third-order valence-electron chi connectivity index (χ3n) is 3.62. The van der Waals surface area contributed by atoms with Crippen molar-refractivity contribution < 1.29 is 14.8 Å². The van der Waals surface area contributed by atoms with Gasteiger partial charge in [0.05, 0.1) is 16.2 Å². The van der Waals surface area contributed by atoms with E-state index in [4.69, 9.17) is 0 Å². The van der Waals surface area contributed by atoms with Gasteiger partial charge in [0, 0.05) is 35.7 Å². The zero-order valence-electron chi connectivity index (χ0n) is 11.3. The first-order valence-corrected chi connectivity index (χ1v) is 7.36. The number of nitro groups is 1. The van der Waals surface area contributed by atoms with E-state index < -0.39 is 10.9 Å². The van der Waals surface area contributed by atoms with E-state index in [0.29, 0.717) is 17.5 Å². The van der Waals surface area contributed by atoms with E-state index in [-0.39, 0.29) is 17.3 Å². The van der Waals surface area contributed by atoms with Crippen molar-refractivity contribution in [1.82, 2.24) is 0 Å². The van der Waals surface area contributed by atoms with Crippen molar-refractivity contribution in [1.29, 1.82) is 0 Å². The molecule has 2 unspecified atom stereocenters. The first-order chi connectivity index (χ1) is 9.41. The Labute approximate surface area is 120 Å². The molecule has 0 spiro atoms. The van der Waals surface area contributed by atoms with Gasteiger partial charge in [-0.05, 0) is 13.0 Å². The SMILES string of the molecule is CC1SCCN(c2cc([N+](=O)[O-])ccc2C(=O)O)C1C. The molecule has 1 heterocycles. The highest BCUT2D eigenvalue weighted by molar-refractivity contribution is 8.00. The van der Waals surface area contributed by atoms with Gasteiger partial charge in [-0.1, -0.05) is 6.92 Å². The predicted octanol–water partition coefficient (Wildman–Crippen LogP) is 2.62. The highest BCUT2D eigenvalue weighted by Gasteiger charge is 2.29. The molecule has 6 nitrogen and oxygen atoms in total. The molecular formula is C13H16N2O4S. The molecule has 7 heteroatoms. The molecule has 2 rings (SSSR count). The minimum absolute atomic E-state index is 0.0805. The van der Waals surface area contributed by atoms with Gasteiger partial charge in [0.15, 0.2) is 0 Å². The van der Waals surface area contributed by atoms with Crippen molar-refractivity contribution in [3.8, 4) is 0 Å².